The highest BCUT2D eigenvalue weighted by Gasteiger charge is 2.20. The smallest absolute Gasteiger partial charge is 0.272 e. The van der Waals surface area contributed by atoms with E-state index in [-0.39, 0.29) is 5.91 Å². The van der Waals surface area contributed by atoms with Crippen molar-refractivity contribution in [3.05, 3.63) is 41.0 Å². The minimum absolute atomic E-state index is 0.114. The molecule has 0 saturated heterocycles. The summed E-state index contributed by atoms with van der Waals surface area (Å²) in [5.41, 5.74) is 4.55. The van der Waals surface area contributed by atoms with Crippen molar-refractivity contribution in [2.45, 2.75) is 38.6 Å². The SMILES string of the molecule is CN(Cc1n[nH]c2c1CCCCC2)C(=O)c1ccc2cn[nH]c2n1. The molecular weight excluding hydrogens is 304 g/mol. The van der Waals surface area contributed by atoms with Crippen molar-refractivity contribution in [1.29, 1.82) is 0 Å². The molecule has 1 aliphatic rings. The first-order chi connectivity index (χ1) is 11.7. The third-order valence-corrected chi connectivity index (χ3v) is 4.65. The van der Waals surface area contributed by atoms with Crippen LogP contribution < -0.4 is 0 Å². The van der Waals surface area contributed by atoms with Crippen LogP contribution in [0.2, 0.25) is 0 Å². The molecule has 0 fully saturated rings. The van der Waals surface area contributed by atoms with E-state index in [2.05, 4.69) is 25.4 Å². The van der Waals surface area contributed by atoms with E-state index in [9.17, 15) is 4.79 Å². The third-order valence-electron chi connectivity index (χ3n) is 4.65. The maximum atomic E-state index is 12.7. The number of H-pyrrole nitrogens is 2. The van der Waals surface area contributed by atoms with Crippen molar-refractivity contribution in [2.75, 3.05) is 7.05 Å². The molecule has 1 amide bonds. The zero-order valence-electron chi connectivity index (χ0n) is 13.7. The number of rotatable bonds is 3. The van der Waals surface area contributed by atoms with Crippen molar-refractivity contribution in [2.24, 2.45) is 0 Å². The number of pyridine rings is 1. The van der Waals surface area contributed by atoms with Crippen LogP contribution in [0.25, 0.3) is 11.0 Å². The molecule has 3 heterocycles. The van der Waals surface area contributed by atoms with Crippen molar-refractivity contribution in [3.63, 3.8) is 0 Å². The number of nitrogens with one attached hydrogen (secondary N) is 2. The van der Waals surface area contributed by atoms with Gasteiger partial charge in [-0.2, -0.15) is 10.2 Å². The summed E-state index contributed by atoms with van der Waals surface area (Å²) in [6.45, 7) is 0.493. The molecule has 4 rings (SSSR count). The fourth-order valence-corrected chi connectivity index (χ4v) is 3.29. The molecule has 0 atom stereocenters. The Bertz CT molecular complexity index is 880. The van der Waals surface area contributed by atoms with Crippen molar-refractivity contribution in [1.82, 2.24) is 30.3 Å². The van der Waals surface area contributed by atoms with Crippen LogP contribution in [0, 0.1) is 0 Å². The van der Waals surface area contributed by atoms with Gasteiger partial charge in [-0.25, -0.2) is 4.98 Å². The second-order valence-electron chi connectivity index (χ2n) is 6.35. The molecule has 124 valence electrons. The number of carbonyl (C=O) groups is 1. The fraction of sp³-hybridized carbons (Fsp3) is 0.412. The number of hydrogen-bond acceptors (Lipinski definition) is 4. The number of hydrogen-bond donors (Lipinski definition) is 2. The van der Waals surface area contributed by atoms with E-state index < -0.39 is 0 Å². The van der Waals surface area contributed by atoms with Gasteiger partial charge in [-0.1, -0.05) is 6.42 Å². The van der Waals surface area contributed by atoms with E-state index in [1.165, 1.54) is 30.5 Å². The normalized spacial score (nSPS) is 14.4. The number of aromatic amines is 2. The van der Waals surface area contributed by atoms with Crippen molar-refractivity contribution >= 4 is 16.9 Å². The van der Waals surface area contributed by atoms with Crippen LogP contribution in [-0.4, -0.2) is 43.2 Å². The second kappa shape index (κ2) is 6.07. The summed E-state index contributed by atoms with van der Waals surface area (Å²) >= 11 is 0. The van der Waals surface area contributed by atoms with Gasteiger partial charge in [0.15, 0.2) is 5.65 Å². The number of fused-ring (bicyclic) bond motifs is 2. The van der Waals surface area contributed by atoms with Crippen LogP contribution in [0.5, 0.6) is 0 Å². The molecule has 3 aromatic rings. The van der Waals surface area contributed by atoms with Crippen LogP contribution >= 0.6 is 0 Å². The summed E-state index contributed by atoms with van der Waals surface area (Å²) in [6.07, 6.45) is 7.44. The molecule has 0 unspecified atom stereocenters. The van der Waals surface area contributed by atoms with Crippen LogP contribution in [0.3, 0.4) is 0 Å². The number of nitrogens with zero attached hydrogens (tertiary/aromatic N) is 4. The van der Waals surface area contributed by atoms with Crippen molar-refractivity contribution in [3.8, 4) is 0 Å². The predicted octanol–water partition coefficient (Wildman–Crippen LogP) is 2.22. The first-order valence-corrected chi connectivity index (χ1v) is 8.33. The first kappa shape index (κ1) is 14.9. The maximum Gasteiger partial charge on any atom is 0.272 e. The van der Waals surface area contributed by atoms with E-state index in [1.54, 1.807) is 24.2 Å². The first-order valence-electron chi connectivity index (χ1n) is 8.33. The zero-order chi connectivity index (χ0) is 16.5. The van der Waals surface area contributed by atoms with Gasteiger partial charge in [-0.15, -0.1) is 0 Å². The van der Waals surface area contributed by atoms with Gasteiger partial charge in [-0.3, -0.25) is 15.0 Å². The van der Waals surface area contributed by atoms with E-state index in [1.807, 2.05) is 6.07 Å². The average Bonchev–Trinajstić information content (AvgIpc) is 3.14. The molecule has 1 aliphatic carbocycles. The van der Waals surface area contributed by atoms with Gasteiger partial charge in [0.05, 0.1) is 18.4 Å². The lowest BCUT2D eigenvalue weighted by Gasteiger charge is -2.16. The van der Waals surface area contributed by atoms with E-state index in [0.29, 0.717) is 17.9 Å². The summed E-state index contributed by atoms with van der Waals surface area (Å²) < 4.78 is 0. The van der Waals surface area contributed by atoms with Gasteiger partial charge in [0.25, 0.3) is 5.91 Å². The standard InChI is InChI=1S/C17H20N6O/c1-23(10-15-12-5-3-2-4-6-13(12)20-21-15)17(24)14-8-7-11-9-18-22-16(11)19-14/h7-9H,2-6,10H2,1H3,(H,20,21)(H,18,19,22). The van der Waals surface area contributed by atoms with Crippen LogP contribution in [0.15, 0.2) is 18.3 Å². The van der Waals surface area contributed by atoms with Crippen LogP contribution in [-0.2, 0) is 19.4 Å². The molecular formula is C17H20N6O. The fourth-order valence-electron chi connectivity index (χ4n) is 3.29. The molecule has 0 spiro atoms. The molecule has 3 aromatic heterocycles. The monoisotopic (exact) mass is 324 g/mol. The molecule has 0 saturated carbocycles. The van der Waals surface area contributed by atoms with Gasteiger partial charge < -0.3 is 4.90 Å². The van der Waals surface area contributed by atoms with Gasteiger partial charge in [0.2, 0.25) is 0 Å². The Labute approximate surface area is 139 Å². The number of aryl methyl sites for hydroxylation is 1. The van der Waals surface area contributed by atoms with Crippen LogP contribution in [0.4, 0.5) is 0 Å². The molecule has 0 aromatic carbocycles. The highest BCUT2D eigenvalue weighted by Crippen LogP contribution is 2.22. The average molecular weight is 324 g/mol. The maximum absolute atomic E-state index is 12.7. The van der Waals surface area contributed by atoms with Gasteiger partial charge >= 0.3 is 0 Å². The highest BCUT2D eigenvalue weighted by molar-refractivity contribution is 5.94. The largest absolute Gasteiger partial charge is 0.334 e. The summed E-state index contributed by atoms with van der Waals surface area (Å²) in [5.74, 6) is -0.114. The molecule has 7 heteroatoms. The van der Waals surface area contributed by atoms with E-state index in [0.717, 1.165) is 23.9 Å². The summed E-state index contributed by atoms with van der Waals surface area (Å²) in [5, 5.41) is 15.2. The molecule has 2 N–H and O–H groups in total. The zero-order valence-corrected chi connectivity index (χ0v) is 13.7. The lowest BCUT2D eigenvalue weighted by atomic mass is 10.1. The van der Waals surface area contributed by atoms with Crippen molar-refractivity contribution < 1.29 is 4.79 Å². The minimum atomic E-state index is -0.114. The number of aromatic nitrogens is 5. The van der Waals surface area contributed by atoms with Gasteiger partial charge in [-0.05, 0) is 43.4 Å². The lowest BCUT2D eigenvalue weighted by molar-refractivity contribution is 0.0777. The Morgan fingerprint density at radius 1 is 1.21 bits per heavy atom. The molecule has 7 nitrogen and oxygen atoms in total. The number of amides is 1. The highest BCUT2D eigenvalue weighted by atomic mass is 16.2. The summed E-state index contributed by atoms with van der Waals surface area (Å²) in [4.78, 5) is 18.7. The lowest BCUT2D eigenvalue weighted by Crippen LogP contribution is -2.27. The van der Waals surface area contributed by atoms with E-state index in [4.69, 9.17) is 0 Å². The quantitative estimate of drug-likeness (QED) is 0.723. The Hall–Kier alpha value is -2.70. The Morgan fingerprint density at radius 3 is 3.00 bits per heavy atom. The Morgan fingerprint density at radius 2 is 2.08 bits per heavy atom. The third kappa shape index (κ3) is 2.66. The second-order valence-corrected chi connectivity index (χ2v) is 6.35. The molecule has 24 heavy (non-hydrogen) atoms. The van der Waals surface area contributed by atoms with Gasteiger partial charge in [0, 0.05) is 18.1 Å². The Balaban J connectivity index is 1.54. The molecule has 0 bridgehead atoms. The summed E-state index contributed by atoms with van der Waals surface area (Å²) in [7, 11) is 1.79. The van der Waals surface area contributed by atoms with Crippen LogP contribution in [0.1, 0.15) is 46.7 Å². The summed E-state index contributed by atoms with van der Waals surface area (Å²) in [6, 6.07) is 3.59. The number of carbonyl (C=O) groups excluding carboxylic acids is 1. The van der Waals surface area contributed by atoms with Gasteiger partial charge in [0.1, 0.15) is 5.69 Å². The Kier molecular flexibility index (Phi) is 3.76. The van der Waals surface area contributed by atoms with E-state index >= 15 is 0 Å². The predicted molar refractivity (Wildman–Crippen MR) is 89.5 cm³/mol. The molecule has 0 aliphatic heterocycles. The minimum Gasteiger partial charge on any atom is -0.334 e. The molecule has 0 radical (unpaired) electrons. The topological polar surface area (TPSA) is 90.6 Å².